The predicted molar refractivity (Wildman–Crippen MR) is 72.9 cm³/mol. The molecule has 0 spiro atoms. The standard InChI is InChI=1S/C15H23F2NO/c1-6-19-14(15(3,4)5)13(18)10-8-7-9(2)11(16)12(10)17/h7-8,13-14H,6,18H2,1-5H3. The lowest BCUT2D eigenvalue weighted by Gasteiger charge is -2.35. The molecule has 0 bridgehead atoms. The number of ether oxygens (including phenoxy) is 1. The fourth-order valence-electron chi connectivity index (χ4n) is 2.15. The molecule has 0 radical (unpaired) electrons. The van der Waals surface area contributed by atoms with E-state index in [9.17, 15) is 8.78 Å². The van der Waals surface area contributed by atoms with Crippen molar-refractivity contribution >= 4 is 0 Å². The van der Waals surface area contributed by atoms with Crippen LogP contribution in [-0.4, -0.2) is 12.7 Å². The quantitative estimate of drug-likeness (QED) is 0.905. The van der Waals surface area contributed by atoms with Gasteiger partial charge in [-0.15, -0.1) is 0 Å². The van der Waals surface area contributed by atoms with Crippen LogP contribution in [0.3, 0.4) is 0 Å². The molecule has 19 heavy (non-hydrogen) atoms. The smallest absolute Gasteiger partial charge is 0.163 e. The number of halogens is 2. The first-order valence-electron chi connectivity index (χ1n) is 6.51. The molecule has 0 saturated heterocycles. The van der Waals surface area contributed by atoms with Crippen molar-refractivity contribution in [2.24, 2.45) is 11.1 Å². The van der Waals surface area contributed by atoms with Gasteiger partial charge in [-0.3, -0.25) is 0 Å². The molecule has 0 aromatic heterocycles. The summed E-state index contributed by atoms with van der Waals surface area (Å²) in [6, 6.07) is 2.38. The predicted octanol–water partition coefficient (Wildman–Crippen LogP) is 3.72. The summed E-state index contributed by atoms with van der Waals surface area (Å²) in [6.45, 7) is 9.77. The maximum absolute atomic E-state index is 14.0. The molecule has 0 aliphatic rings. The Hall–Kier alpha value is -1.00. The molecular formula is C15H23F2NO. The van der Waals surface area contributed by atoms with Gasteiger partial charge in [0.15, 0.2) is 11.6 Å². The van der Waals surface area contributed by atoms with E-state index in [1.165, 1.54) is 13.0 Å². The third-order valence-corrected chi connectivity index (χ3v) is 3.19. The third-order valence-electron chi connectivity index (χ3n) is 3.19. The summed E-state index contributed by atoms with van der Waals surface area (Å²) >= 11 is 0. The van der Waals surface area contributed by atoms with Gasteiger partial charge in [-0.25, -0.2) is 8.78 Å². The van der Waals surface area contributed by atoms with E-state index in [0.29, 0.717) is 6.61 Å². The molecule has 2 N–H and O–H groups in total. The lowest BCUT2D eigenvalue weighted by atomic mass is 9.82. The van der Waals surface area contributed by atoms with Crippen LogP contribution in [0.15, 0.2) is 12.1 Å². The zero-order chi connectivity index (χ0) is 14.8. The fraction of sp³-hybridized carbons (Fsp3) is 0.600. The van der Waals surface area contributed by atoms with Crippen molar-refractivity contribution in [3.05, 3.63) is 34.9 Å². The number of hydrogen-bond acceptors (Lipinski definition) is 2. The Morgan fingerprint density at radius 2 is 1.79 bits per heavy atom. The van der Waals surface area contributed by atoms with E-state index in [0.717, 1.165) is 0 Å². The highest BCUT2D eigenvalue weighted by molar-refractivity contribution is 5.28. The number of benzene rings is 1. The first-order chi connectivity index (χ1) is 8.70. The second kappa shape index (κ2) is 5.97. The minimum absolute atomic E-state index is 0.163. The Balaban J connectivity index is 3.17. The second-order valence-electron chi connectivity index (χ2n) is 5.87. The van der Waals surface area contributed by atoms with Gasteiger partial charge in [-0.05, 0) is 24.8 Å². The molecule has 1 rings (SSSR count). The van der Waals surface area contributed by atoms with Crippen molar-refractivity contribution in [3.63, 3.8) is 0 Å². The lowest BCUT2D eigenvalue weighted by molar-refractivity contribution is -0.0290. The Morgan fingerprint density at radius 3 is 2.26 bits per heavy atom. The van der Waals surface area contributed by atoms with Gasteiger partial charge in [0, 0.05) is 12.2 Å². The van der Waals surface area contributed by atoms with Crippen LogP contribution in [0.2, 0.25) is 0 Å². The summed E-state index contributed by atoms with van der Waals surface area (Å²) < 4.78 is 33.3. The van der Waals surface area contributed by atoms with E-state index in [1.807, 2.05) is 27.7 Å². The average Bonchev–Trinajstić information content (AvgIpc) is 2.31. The van der Waals surface area contributed by atoms with E-state index >= 15 is 0 Å². The summed E-state index contributed by atoms with van der Waals surface area (Å²) in [6.07, 6.45) is -0.380. The molecule has 0 fully saturated rings. The molecule has 0 aliphatic carbocycles. The Kier molecular flexibility index (Phi) is 5.04. The minimum Gasteiger partial charge on any atom is -0.376 e. The van der Waals surface area contributed by atoms with Gasteiger partial charge in [-0.2, -0.15) is 0 Å². The van der Waals surface area contributed by atoms with Gasteiger partial charge in [0.2, 0.25) is 0 Å². The molecule has 2 unspecified atom stereocenters. The second-order valence-corrected chi connectivity index (χ2v) is 5.87. The SMILES string of the molecule is CCOC(C(N)c1ccc(C)c(F)c1F)C(C)(C)C. The van der Waals surface area contributed by atoms with Crippen molar-refractivity contribution in [2.45, 2.75) is 46.8 Å². The molecular weight excluding hydrogens is 248 g/mol. The van der Waals surface area contributed by atoms with E-state index in [1.54, 1.807) is 6.07 Å². The highest BCUT2D eigenvalue weighted by Gasteiger charge is 2.33. The lowest BCUT2D eigenvalue weighted by Crippen LogP contribution is -2.40. The Morgan fingerprint density at radius 1 is 1.21 bits per heavy atom. The van der Waals surface area contributed by atoms with Crippen LogP contribution in [0.5, 0.6) is 0 Å². The summed E-state index contributed by atoms with van der Waals surface area (Å²) in [5, 5.41) is 0. The van der Waals surface area contributed by atoms with Crippen LogP contribution in [0.25, 0.3) is 0 Å². The van der Waals surface area contributed by atoms with Gasteiger partial charge < -0.3 is 10.5 Å². The molecule has 2 nitrogen and oxygen atoms in total. The van der Waals surface area contributed by atoms with Gasteiger partial charge in [0.1, 0.15) is 0 Å². The Labute approximate surface area is 114 Å². The van der Waals surface area contributed by atoms with Crippen molar-refractivity contribution in [1.82, 2.24) is 0 Å². The molecule has 0 saturated carbocycles. The molecule has 108 valence electrons. The van der Waals surface area contributed by atoms with Crippen molar-refractivity contribution in [2.75, 3.05) is 6.61 Å². The molecule has 2 atom stereocenters. The van der Waals surface area contributed by atoms with Gasteiger partial charge in [0.25, 0.3) is 0 Å². The zero-order valence-electron chi connectivity index (χ0n) is 12.3. The first-order valence-corrected chi connectivity index (χ1v) is 6.51. The molecule has 0 amide bonds. The van der Waals surface area contributed by atoms with Gasteiger partial charge >= 0.3 is 0 Å². The van der Waals surface area contributed by atoms with Crippen molar-refractivity contribution in [1.29, 1.82) is 0 Å². The van der Waals surface area contributed by atoms with Gasteiger partial charge in [-0.1, -0.05) is 32.9 Å². The van der Waals surface area contributed by atoms with Crippen LogP contribution >= 0.6 is 0 Å². The zero-order valence-corrected chi connectivity index (χ0v) is 12.3. The summed E-state index contributed by atoms with van der Waals surface area (Å²) in [5.41, 5.74) is 6.28. The maximum Gasteiger partial charge on any atom is 0.163 e. The highest BCUT2D eigenvalue weighted by atomic mass is 19.2. The first kappa shape index (κ1) is 16.1. The number of hydrogen-bond donors (Lipinski definition) is 1. The molecule has 1 aromatic carbocycles. The Bertz CT molecular complexity index is 441. The molecule has 4 heteroatoms. The summed E-state index contributed by atoms with van der Waals surface area (Å²) in [5.74, 6) is -1.71. The van der Waals surface area contributed by atoms with Crippen LogP contribution in [0, 0.1) is 24.0 Å². The average molecular weight is 271 g/mol. The summed E-state index contributed by atoms with van der Waals surface area (Å²) in [4.78, 5) is 0. The summed E-state index contributed by atoms with van der Waals surface area (Å²) in [7, 11) is 0. The number of nitrogens with two attached hydrogens (primary N) is 1. The number of rotatable bonds is 4. The van der Waals surface area contributed by atoms with E-state index in [4.69, 9.17) is 10.5 Å². The topological polar surface area (TPSA) is 35.2 Å². The molecule has 1 aromatic rings. The normalized spacial score (nSPS) is 15.4. The van der Waals surface area contributed by atoms with E-state index < -0.39 is 17.7 Å². The van der Waals surface area contributed by atoms with Crippen molar-refractivity contribution < 1.29 is 13.5 Å². The van der Waals surface area contributed by atoms with Crippen LogP contribution < -0.4 is 5.73 Å². The largest absolute Gasteiger partial charge is 0.376 e. The van der Waals surface area contributed by atoms with Crippen LogP contribution in [0.4, 0.5) is 8.78 Å². The third kappa shape index (κ3) is 3.51. The minimum atomic E-state index is -0.874. The van der Waals surface area contributed by atoms with Crippen molar-refractivity contribution in [3.8, 4) is 0 Å². The maximum atomic E-state index is 14.0. The van der Waals surface area contributed by atoms with Crippen LogP contribution in [-0.2, 0) is 4.74 Å². The fourth-order valence-corrected chi connectivity index (χ4v) is 2.15. The molecule has 0 aliphatic heterocycles. The highest BCUT2D eigenvalue weighted by Crippen LogP contribution is 2.33. The monoisotopic (exact) mass is 271 g/mol. The number of aryl methyl sites for hydroxylation is 1. The van der Waals surface area contributed by atoms with Gasteiger partial charge in [0.05, 0.1) is 12.1 Å². The molecule has 0 heterocycles. The van der Waals surface area contributed by atoms with E-state index in [2.05, 4.69) is 0 Å². The van der Waals surface area contributed by atoms with E-state index in [-0.39, 0.29) is 22.6 Å². The van der Waals surface area contributed by atoms with Crippen LogP contribution in [0.1, 0.15) is 44.9 Å².